The predicted molar refractivity (Wildman–Crippen MR) is 102 cm³/mol. The molecule has 1 N–H and O–H groups in total. The van der Waals surface area contributed by atoms with E-state index in [9.17, 15) is 17.6 Å². The number of carbonyl (C=O) groups excluding carboxylic acids is 1. The minimum absolute atomic E-state index is 0.00557. The van der Waals surface area contributed by atoms with Crippen molar-refractivity contribution >= 4 is 27.3 Å². The highest BCUT2D eigenvalue weighted by molar-refractivity contribution is 7.92. The van der Waals surface area contributed by atoms with Crippen LogP contribution in [0.4, 0.5) is 10.1 Å². The zero-order valence-electron chi connectivity index (χ0n) is 15.0. The van der Waals surface area contributed by atoms with Gasteiger partial charge < -0.3 is 0 Å². The highest BCUT2D eigenvalue weighted by Crippen LogP contribution is 2.33. The molecular formula is C19H20FN3O3S. The Morgan fingerprint density at radius 1 is 1.19 bits per heavy atom. The van der Waals surface area contributed by atoms with Gasteiger partial charge in [-0.25, -0.2) is 17.8 Å². The van der Waals surface area contributed by atoms with Crippen LogP contribution in [0.25, 0.3) is 0 Å². The molecule has 0 saturated carbocycles. The first kappa shape index (κ1) is 19.0. The lowest BCUT2D eigenvalue weighted by Gasteiger charge is -2.20. The fourth-order valence-corrected chi connectivity index (χ4v) is 3.54. The molecule has 0 spiro atoms. The Bertz CT molecular complexity index is 970. The van der Waals surface area contributed by atoms with Gasteiger partial charge in [-0.3, -0.25) is 9.52 Å². The molecular weight excluding hydrogens is 369 g/mol. The van der Waals surface area contributed by atoms with E-state index in [1.165, 1.54) is 24.1 Å². The third-order valence-corrected chi connectivity index (χ3v) is 5.67. The fourth-order valence-electron chi connectivity index (χ4n) is 2.90. The average Bonchev–Trinajstić information content (AvgIpc) is 3.08. The molecule has 27 heavy (non-hydrogen) atoms. The molecule has 0 aromatic heterocycles. The topological polar surface area (TPSA) is 78.8 Å². The molecule has 8 heteroatoms. The van der Waals surface area contributed by atoms with Gasteiger partial charge in [-0.2, -0.15) is 5.10 Å². The van der Waals surface area contributed by atoms with Gasteiger partial charge >= 0.3 is 0 Å². The van der Waals surface area contributed by atoms with Crippen molar-refractivity contribution < 1.29 is 17.6 Å². The summed E-state index contributed by atoms with van der Waals surface area (Å²) >= 11 is 0. The minimum atomic E-state index is -3.34. The van der Waals surface area contributed by atoms with E-state index in [2.05, 4.69) is 9.82 Å². The van der Waals surface area contributed by atoms with Crippen molar-refractivity contribution in [2.24, 2.45) is 5.10 Å². The predicted octanol–water partition coefficient (Wildman–Crippen LogP) is 3.28. The van der Waals surface area contributed by atoms with Gasteiger partial charge in [0.1, 0.15) is 5.82 Å². The lowest BCUT2D eigenvalue weighted by atomic mass is 9.98. The number of nitrogens with zero attached hydrogens (tertiary/aromatic N) is 2. The Morgan fingerprint density at radius 3 is 2.37 bits per heavy atom. The van der Waals surface area contributed by atoms with E-state index in [-0.39, 0.29) is 23.5 Å². The summed E-state index contributed by atoms with van der Waals surface area (Å²) < 4.78 is 39.0. The summed E-state index contributed by atoms with van der Waals surface area (Å²) in [7, 11) is -3.34. The molecule has 0 fully saturated rings. The third kappa shape index (κ3) is 4.33. The number of carbonyl (C=O) groups is 1. The molecule has 0 unspecified atom stereocenters. The molecule has 6 nitrogen and oxygen atoms in total. The van der Waals surface area contributed by atoms with Crippen LogP contribution in [0.3, 0.4) is 0 Å². The first-order valence-corrected chi connectivity index (χ1v) is 10.2. The maximum absolute atomic E-state index is 13.2. The first-order chi connectivity index (χ1) is 12.8. The molecule has 0 saturated heterocycles. The van der Waals surface area contributed by atoms with Crippen molar-refractivity contribution in [3.8, 4) is 0 Å². The number of amides is 1. The van der Waals surface area contributed by atoms with Crippen LogP contribution in [0.15, 0.2) is 53.6 Å². The SMILES string of the molecule is CCS(=O)(=O)Nc1ccc(C2=NN(C(C)=O)[C@H](c3ccc(F)cc3)C2)cc1. The van der Waals surface area contributed by atoms with Gasteiger partial charge in [0, 0.05) is 19.0 Å². The van der Waals surface area contributed by atoms with E-state index >= 15 is 0 Å². The summed E-state index contributed by atoms with van der Waals surface area (Å²) in [5, 5.41) is 5.83. The Labute approximate surface area is 157 Å². The third-order valence-electron chi connectivity index (χ3n) is 4.36. The standard InChI is InChI=1S/C19H20FN3O3S/c1-3-27(25,26)22-17-10-6-14(7-11-17)18-12-19(23(21-18)13(2)24)15-4-8-16(20)9-5-15/h4-11,19,22H,3,12H2,1-2H3/t19-/m0/s1. The molecule has 142 valence electrons. The van der Waals surface area contributed by atoms with Crippen molar-refractivity contribution in [1.82, 2.24) is 5.01 Å². The summed E-state index contributed by atoms with van der Waals surface area (Å²) in [6.45, 7) is 3.00. The highest BCUT2D eigenvalue weighted by atomic mass is 32.2. The average molecular weight is 389 g/mol. The maximum atomic E-state index is 13.2. The highest BCUT2D eigenvalue weighted by Gasteiger charge is 2.31. The summed E-state index contributed by atoms with van der Waals surface area (Å²) in [4.78, 5) is 12.0. The molecule has 2 aromatic rings. The number of anilines is 1. The van der Waals surface area contributed by atoms with Gasteiger partial charge in [-0.1, -0.05) is 24.3 Å². The number of rotatable bonds is 5. The van der Waals surface area contributed by atoms with E-state index < -0.39 is 10.0 Å². The van der Waals surface area contributed by atoms with Crippen molar-refractivity contribution in [1.29, 1.82) is 0 Å². The number of hydrazone groups is 1. The van der Waals surface area contributed by atoms with Gasteiger partial charge in [0.2, 0.25) is 15.9 Å². The van der Waals surface area contributed by atoms with Crippen molar-refractivity contribution in [3.63, 3.8) is 0 Å². The second-order valence-electron chi connectivity index (χ2n) is 6.26. The molecule has 0 radical (unpaired) electrons. The monoisotopic (exact) mass is 389 g/mol. The van der Waals surface area contributed by atoms with Crippen LogP contribution >= 0.6 is 0 Å². The summed E-state index contributed by atoms with van der Waals surface area (Å²) in [6, 6.07) is 12.6. The van der Waals surface area contributed by atoms with E-state index in [1.807, 2.05) is 0 Å². The zero-order chi connectivity index (χ0) is 19.6. The Balaban J connectivity index is 1.83. The van der Waals surface area contributed by atoms with Gasteiger partial charge in [-0.05, 0) is 42.3 Å². The molecule has 0 aliphatic carbocycles. The normalized spacial score (nSPS) is 16.9. The van der Waals surface area contributed by atoms with Gasteiger partial charge in [0.25, 0.3) is 0 Å². The van der Waals surface area contributed by atoms with Crippen LogP contribution < -0.4 is 4.72 Å². The van der Waals surface area contributed by atoms with E-state index in [4.69, 9.17) is 0 Å². The molecule has 1 atom stereocenters. The summed E-state index contributed by atoms with van der Waals surface area (Å²) in [5.74, 6) is -0.544. The second kappa shape index (κ2) is 7.48. The van der Waals surface area contributed by atoms with Crippen LogP contribution in [0.5, 0.6) is 0 Å². The van der Waals surface area contributed by atoms with Crippen molar-refractivity contribution in [3.05, 3.63) is 65.5 Å². The van der Waals surface area contributed by atoms with Crippen molar-refractivity contribution in [2.45, 2.75) is 26.3 Å². The molecule has 1 aliphatic heterocycles. The van der Waals surface area contributed by atoms with Crippen LogP contribution in [0, 0.1) is 5.82 Å². The van der Waals surface area contributed by atoms with Crippen molar-refractivity contribution in [2.75, 3.05) is 10.5 Å². The van der Waals surface area contributed by atoms with E-state index in [1.54, 1.807) is 43.3 Å². The van der Waals surface area contributed by atoms with Crippen LogP contribution in [0.2, 0.25) is 0 Å². The van der Waals surface area contributed by atoms with E-state index in [0.29, 0.717) is 17.8 Å². The Kier molecular flexibility index (Phi) is 5.27. The number of hydrogen-bond donors (Lipinski definition) is 1. The molecule has 3 rings (SSSR count). The summed E-state index contributed by atoms with van der Waals surface area (Å²) in [5.41, 5.74) is 2.78. The van der Waals surface area contributed by atoms with Gasteiger partial charge in [0.05, 0.1) is 17.5 Å². The smallest absolute Gasteiger partial charge is 0.240 e. The number of sulfonamides is 1. The largest absolute Gasteiger partial charge is 0.284 e. The lowest BCUT2D eigenvalue weighted by Crippen LogP contribution is -2.24. The number of hydrogen-bond acceptors (Lipinski definition) is 4. The zero-order valence-corrected chi connectivity index (χ0v) is 15.8. The quantitative estimate of drug-likeness (QED) is 0.852. The fraction of sp³-hybridized carbons (Fsp3) is 0.263. The van der Waals surface area contributed by atoms with Crippen LogP contribution in [0.1, 0.15) is 37.4 Å². The van der Waals surface area contributed by atoms with Crippen LogP contribution in [-0.4, -0.2) is 30.8 Å². The molecule has 1 amide bonds. The molecule has 0 bridgehead atoms. The first-order valence-electron chi connectivity index (χ1n) is 8.52. The maximum Gasteiger partial charge on any atom is 0.240 e. The molecule has 1 aliphatic rings. The number of benzene rings is 2. The number of nitrogens with one attached hydrogen (secondary N) is 1. The lowest BCUT2D eigenvalue weighted by molar-refractivity contribution is -0.130. The Hall–Kier alpha value is -2.74. The minimum Gasteiger partial charge on any atom is -0.284 e. The van der Waals surface area contributed by atoms with Gasteiger partial charge in [-0.15, -0.1) is 0 Å². The Morgan fingerprint density at radius 2 is 1.81 bits per heavy atom. The molecule has 1 heterocycles. The second-order valence-corrected chi connectivity index (χ2v) is 8.28. The summed E-state index contributed by atoms with van der Waals surface area (Å²) in [6.07, 6.45) is 0.491. The van der Waals surface area contributed by atoms with Crippen LogP contribution in [-0.2, 0) is 14.8 Å². The van der Waals surface area contributed by atoms with E-state index in [0.717, 1.165) is 11.1 Å². The number of halogens is 1. The van der Waals surface area contributed by atoms with Gasteiger partial charge in [0.15, 0.2) is 0 Å². The molecule has 2 aromatic carbocycles.